The number of carbonyl (C=O) groups is 18. The van der Waals surface area contributed by atoms with Crippen molar-refractivity contribution in [3.8, 4) is 0 Å². The first-order valence-corrected chi connectivity index (χ1v) is 43.3. The molecule has 0 spiro atoms. The van der Waals surface area contributed by atoms with E-state index in [2.05, 4.69) is 63.8 Å². The predicted molar refractivity (Wildman–Crippen MR) is 478 cm³/mol. The summed E-state index contributed by atoms with van der Waals surface area (Å²) in [4.78, 5) is 228. The van der Waals surface area contributed by atoms with Crippen molar-refractivity contribution in [2.24, 2.45) is 81.4 Å². The van der Waals surface area contributed by atoms with Gasteiger partial charge in [0.25, 0.3) is 0 Å². The van der Waals surface area contributed by atoms with Crippen LogP contribution in [-0.4, -0.2) is 290 Å². The van der Waals surface area contributed by atoms with Crippen molar-refractivity contribution in [2.75, 3.05) is 53.1 Å². The number of primary amides is 1. The number of carbonyl (C=O) groups excluding carboxylic acids is 18. The molecule has 1 aromatic rings. The lowest BCUT2D eigenvalue weighted by Gasteiger charge is -2.38. The van der Waals surface area contributed by atoms with Crippen molar-refractivity contribution >= 4 is 108 Å². The summed E-state index contributed by atoms with van der Waals surface area (Å²) in [6, 6.07) is -7.39. The molecule has 0 aliphatic carbocycles. The van der Waals surface area contributed by atoms with E-state index in [-0.39, 0.29) is 76.7 Å². The molecule has 734 valence electrons. The molecular formula is C84H154N20O24. The van der Waals surface area contributed by atoms with Gasteiger partial charge < -0.3 is 164 Å². The van der Waals surface area contributed by atoms with Gasteiger partial charge in [-0.15, -0.1) is 0 Å². The highest BCUT2D eigenvalue weighted by molar-refractivity contribution is 6.00. The van der Waals surface area contributed by atoms with Gasteiger partial charge in [-0.25, -0.2) is 9.59 Å². The Morgan fingerprint density at radius 2 is 1.02 bits per heavy atom. The Labute approximate surface area is 752 Å². The van der Waals surface area contributed by atoms with Gasteiger partial charge in [0.1, 0.15) is 104 Å². The van der Waals surface area contributed by atoms with Crippen LogP contribution in [0.3, 0.4) is 0 Å². The Morgan fingerprint density at radius 3 is 1.42 bits per heavy atom. The lowest BCUT2D eigenvalue weighted by atomic mass is 9.83. The second kappa shape index (κ2) is 70.0. The highest BCUT2D eigenvalue weighted by Crippen LogP contribution is 2.24. The summed E-state index contributed by atoms with van der Waals surface area (Å²) < 4.78 is 10.9. The minimum Gasteiger partial charge on any atom is -0.458 e. The van der Waals surface area contributed by atoms with Gasteiger partial charge in [0.05, 0.1) is 62.7 Å². The van der Waals surface area contributed by atoms with E-state index in [9.17, 15) is 96.5 Å². The van der Waals surface area contributed by atoms with Crippen molar-refractivity contribution < 1.29 is 116 Å². The van der Waals surface area contributed by atoms with Gasteiger partial charge >= 0.3 is 12.1 Å². The number of aldehydes is 5. The first kappa shape index (κ1) is 124. The molecule has 0 unspecified atom stereocenters. The van der Waals surface area contributed by atoms with Gasteiger partial charge in [-0.05, 0) is 108 Å². The average Bonchev–Trinajstić information content (AvgIpc) is 0.806. The summed E-state index contributed by atoms with van der Waals surface area (Å²) in [5.41, 5.74) is 40.8. The molecule has 1 aliphatic rings. The van der Waals surface area contributed by atoms with Crippen LogP contribution in [0.15, 0.2) is 30.3 Å². The number of amides is 12. The summed E-state index contributed by atoms with van der Waals surface area (Å²) in [7, 11) is 1.59. The molecule has 12 amide bonds. The molecule has 1 aliphatic heterocycles. The summed E-state index contributed by atoms with van der Waals surface area (Å²) in [6.45, 7) is 24.6. The number of nitrogens with one attached hydrogen (secondary N) is 12. The minimum absolute atomic E-state index is 0.0164. The van der Waals surface area contributed by atoms with Crippen LogP contribution < -0.4 is 110 Å². The zero-order valence-electron chi connectivity index (χ0n) is 77.6. The molecular weight excluding hydrogens is 1670 g/mol. The fourth-order valence-corrected chi connectivity index (χ4v) is 10.8. The van der Waals surface area contributed by atoms with Crippen LogP contribution in [0, 0.1) is 35.5 Å². The number of ether oxygens (including phenoxy) is 2. The molecule has 23 atom stereocenters. The molecule has 44 nitrogen and oxygen atoms in total. The van der Waals surface area contributed by atoms with Crippen LogP contribution in [0.5, 0.6) is 0 Å². The molecule has 0 bridgehead atoms. The molecule has 0 saturated carbocycles. The minimum atomic E-state index is -1.95. The van der Waals surface area contributed by atoms with E-state index in [1.165, 1.54) is 20.8 Å². The van der Waals surface area contributed by atoms with Gasteiger partial charge in [0, 0.05) is 26.1 Å². The maximum Gasteiger partial charge on any atom is 0.407 e. The largest absolute Gasteiger partial charge is 0.458 e. The van der Waals surface area contributed by atoms with Crippen LogP contribution in [0.4, 0.5) is 4.79 Å². The summed E-state index contributed by atoms with van der Waals surface area (Å²) >= 11 is 0. The number of aliphatic hydroxyl groups excluding tert-OH is 4. The van der Waals surface area contributed by atoms with E-state index in [0.717, 1.165) is 31.0 Å². The highest BCUT2D eigenvalue weighted by atomic mass is 16.6. The summed E-state index contributed by atoms with van der Waals surface area (Å²) in [6.07, 6.45) is 3.50. The Kier molecular flexibility index (Phi) is 67.9. The lowest BCUT2D eigenvalue weighted by Crippen LogP contribution is -2.67. The van der Waals surface area contributed by atoms with Crippen molar-refractivity contribution in [1.29, 1.82) is 0 Å². The lowest BCUT2D eigenvalue weighted by molar-refractivity contribution is -0.157. The molecule has 0 aromatic heterocycles. The zero-order chi connectivity index (χ0) is 99.3. The van der Waals surface area contributed by atoms with Crippen molar-refractivity contribution in [2.45, 2.75) is 296 Å². The molecule has 44 heteroatoms. The van der Waals surface area contributed by atoms with Crippen molar-refractivity contribution in [1.82, 2.24) is 63.8 Å². The number of rotatable bonds is 49. The Bertz CT molecular complexity index is 3450. The van der Waals surface area contributed by atoms with Crippen LogP contribution in [0.2, 0.25) is 0 Å². The number of unbranched alkanes of at least 4 members (excludes halogenated alkanes) is 1. The number of likely N-dealkylation sites (N-methyl/N-ethyl adjacent to an activating group) is 1. The third-order valence-corrected chi connectivity index (χ3v) is 21.3. The number of cyclic esters (lactones) is 1. The molecule has 1 aromatic carbocycles. The van der Waals surface area contributed by atoms with Gasteiger partial charge in [0.2, 0.25) is 65.0 Å². The molecule has 128 heavy (non-hydrogen) atoms. The van der Waals surface area contributed by atoms with E-state index < -0.39 is 217 Å². The number of hydrogen-bond acceptors (Lipinski definition) is 32. The Balaban J connectivity index is -0.00000195. The van der Waals surface area contributed by atoms with E-state index in [1.807, 2.05) is 58.0 Å². The Hall–Kier alpha value is -10.00. The maximum atomic E-state index is 14.6. The van der Waals surface area contributed by atoms with Gasteiger partial charge in [0.15, 0.2) is 0 Å². The van der Waals surface area contributed by atoms with E-state index >= 15 is 0 Å². The molecule has 1 fully saturated rings. The quantitative estimate of drug-likeness (QED) is 0.0164. The number of hydrogen-bond donors (Lipinski definition) is 24. The maximum absolute atomic E-state index is 14.6. The second-order valence-electron chi connectivity index (χ2n) is 31.7. The topological polar surface area (TPSA) is 759 Å². The average molecular weight is 1830 g/mol. The number of nitrogens with two attached hydrogens (primary N) is 8. The summed E-state index contributed by atoms with van der Waals surface area (Å²) in [5, 5.41) is 68.2. The first-order valence-electron chi connectivity index (χ1n) is 43.3. The fraction of sp³-hybridized carbons (Fsp3) is 0.714. The number of benzene rings is 1. The SMILES string of the molecule is CC[C@@H](C)[C@@H](NC(=O)[C@@H](CCC(N)=O)NC(=O)[C@H](CO)NC(=O)[C@@H](NC(=O)[C@@H](Cc1ccccc1)NC)[C@@H](C)CC)C(=O)N[C@](C)(C(=O)N[C@@H](CO)C(=O)N[C@H]1C(=O)N[C@@H](C)C(=O)N[C@@H](CCCCNC(=O)OC(CN)CN)C(=O)N[C@@H]([C@@H](C)CC)C(=O)O[C@H]1C)[C@@H](C)CC.CC[C@H](C)[C@H](N)C=O.CC[C@H](C)[C@H](N)C=O.C[C@H](N)C=O.N[C@H](C=O)CO.N[C@H](C=O)CO. The first-order chi connectivity index (χ1) is 60.2. The zero-order valence-corrected chi connectivity index (χ0v) is 77.6. The highest BCUT2D eigenvalue weighted by Gasteiger charge is 2.45. The third kappa shape index (κ3) is 49.5. The van der Waals surface area contributed by atoms with Crippen LogP contribution in [-0.2, 0) is 97.4 Å². The molecule has 1 saturated heterocycles. The predicted octanol–water partition coefficient (Wildman–Crippen LogP) is -5.70. The third-order valence-electron chi connectivity index (χ3n) is 21.3. The normalized spacial score (nSPS) is 19.4. The van der Waals surface area contributed by atoms with Crippen LogP contribution in [0.1, 0.15) is 187 Å². The van der Waals surface area contributed by atoms with Crippen molar-refractivity contribution in [3.05, 3.63) is 35.9 Å². The standard InChI is InChI=1S/C63H107N15O17.2C6H13NO.2C3H7NO2.C3H7NO/c1-13-33(5)47(74-54(85)43(67-12)28-39-22-18-17-19-23-39)57(88)72-44(31-79)55(86)71-42(25-26-46(66)81)53(84)75-48(34(6)14-2)59(90)78-63(11,36(8)16-4)61(92)73-45(32-80)56(87)77-50-38(10)94-60(91)49(35(7)15-3)76-52(83)41(70-51(82)37(9)69-58(50)89)24-20-21-27-68-62(93)95-40(29-64)30-65;2*1-3-5(2)6(7)4-8;2*4-3(1-5)2-6;1-3(4)2-5/h17-19,22-23,33-38,40-45,47-50,67,79-80H,13-16,20-21,24-32,64-65H2,1-12H3,(H2,66,81)(H,68,93)(H,69,89)(H,70,82)(H,71,86)(H,72,88)(H,73,92)(H,74,85)(H,75,84)(H,76,83)(H,77,87)(H,78,90);2*4-6H,3,7H2,1-2H3;2*1,3,6H,2,4H2;2-3H,4H2,1H3/t33-,34+,35-,36-,37-,38-,41-,42+,43+,44-,45-,47-,48+,49-,50+,63-;2*5-,6+;3*3-/m000110/s1. The van der Waals surface area contributed by atoms with E-state index in [1.54, 1.807) is 69.4 Å². The van der Waals surface area contributed by atoms with Gasteiger partial charge in [-0.2, -0.15) is 0 Å². The van der Waals surface area contributed by atoms with E-state index in [4.69, 9.17) is 65.6 Å². The van der Waals surface area contributed by atoms with Gasteiger partial charge in [-0.3, -0.25) is 52.7 Å². The van der Waals surface area contributed by atoms with Crippen LogP contribution >= 0.6 is 0 Å². The molecule has 0 radical (unpaired) electrons. The summed E-state index contributed by atoms with van der Waals surface area (Å²) in [5.74, 6) is -12.9. The molecule has 2 rings (SSSR count). The smallest absolute Gasteiger partial charge is 0.407 e. The van der Waals surface area contributed by atoms with Gasteiger partial charge in [-0.1, -0.05) is 152 Å². The second-order valence-corrected chi connectivity index (χ2v) is 31.7. The Morgan fingerprint density at radius 1 is 0.547 bits per heavy atom. The fourth-order valence-electron chi connectivity index (χ4n) is 10.8. The number of aliphatic hydroxyl groups is 4. The van der Waals surface area contributed by atoms with Crippen molar-refractivity contribution in [3.63, 3.8) is 0 Å². The number of alkyl carbamates (subject to hydrolysis) is 1. The monoisotopic (exact) mass is 1830 g/mol. The van der Waals surface area contributed by atoms with Crippen LogP contribution in [0.25, 0.3) is 0 Å². The van der Waals surface area contributed by atoms with E-state index in [0.29, 0.717) is 56.4 Å². The molecule has 32 N–H and O–H groups in total. The molecule has 1 heterocycles. The number of esters is 1.